The summed E-state index contributed by atoms with van der Waals surface area (Å²) >= 11 is 0. The van der Waals surface area contributed by atoms with E-state index < -0.39 is 0 Å². The van der Waals surface area contributed by atoms with Gasteiger partial charge in [-0.1, -0.05) is 59.8 Å². The van der Waals surface area contributed by atoms with Crippen molar-refractivity contribution in [3.8, 4) is 0 Å². The van der Waals surface area contributed by atoms with Gasteiger partial charge in [-0.15, -0.1) is 5.10 Å². The van der Waals surface area contributed by atoms with E-state index in [0.29, 0.717) is 18.2 Å². The number of aromatic nitrogens is 3. The molecule has 0 saturated carbocycles. The Morgan fingerprint density at radius 1 is 1.11 bits per heavy atom. The van der Waals surface area contributed by atoms with E-state index >= 15 is 0 Å². The molecule has 1 atom stereocenters. The summed E-state index contributed by atoms with van der Waals surface area (Å²) in [5.41, 5.74) is 4.13. The Morgan fingerprint density at radius 2 is 1.89 bits per heavy atom. The first kappa shape index (κ1) is 17.5. The van der Waals surface area contributed by atoms with Crippen molar-refractivity contribution in [1.29, 1.82) is 0 Å². The Balaban J connectivity index is 1.45. The van der Waals surface area contributed by atoms with Gasteiger partial charge in [0, 0.05) is 19.0 Å². The molecule has 0 radical (unpaired) electrons. The molecule has 2 heterocycles. The SMILES string of the molecule is Cc1ccccc1Cn1cc(C(=O)N2CCCC(c3ccccc3)C2)nn1. The van der Waals surface area contributed by atoms with Crippen LogP contribution in [-0.4, -0.2) is 38.9 Å². The first-order chi connectivity index (χ1) is 13.2. The molecular weight excluding hydrogens is 336 g/mol. The molecule has 138 valence electrons. The minimum absolute atomic E-state index is 0.0216. The minimum Gasteiger partial charge on any atom is -0.337 e. The maximum Gasteiger partial charge on any atom is 0.276 e. The van der Waals surface area contributed by atoms with Crippen LogP contribution in [0.25, 0.3) is 0 Å². The van der Waals surface area contributed by atoms with Crippen molar-refractivity contribution in [3.05, 3.63) is 83.2 Å². The summed E-state index contributed by atoms with van der Waals surface area (Å²) in [6.07, 6.45) is 3.90. The molecule has 0 N–H and O–H groups in total. The standard InChI is InChI=1S/C22H24N4O/c1-17-8-5-6-11-19(17)15-26-16-21(23-24-26)22(27)25-13-7-12-20(14-25)18-9-3-2-4-10-18/h2-6,8-11,16,20H,7,12-15H2,1H3. The van der Waals surface area contributed by atoms with Gasteiger partial charge in [0.25, 0.3) is 5.91 Å². The van der Waals surface area contributed by atoms with Crippen LogP contribution in [0.3, 0.4) is 0 Å². The summed E-state index contributed by atoms with van der Waals surface area (Å²) in [6, 6.07) is 18.7. The maximum absolute atomic E-state index is 12.9. The fourth-order valence-electron chi connectivity index (χ4n) is 3.76. The van der Waals surface area contributed by atoms with Crippen LogP contribution in [0, 0.1) is 6.92 Å². The molecular formula is C22H24N4O. The number of carbonyl (C=O) groups is 1. The number of benzene rings is 2. The summed E-state index contributed by atoms with van der Waals surface area (Å²) in [4.78, 5) is 14.8. The molecule has 5 heteroatoms. The Morgan fingerprint density at radius 3 is 2.70 bits per heavy atom. The molecule has 1 aromatic heterocycles. The highest BCUT2D eigenvalue weighted by Gasteiger charge is 2.27. The Kier molecular flexibility index (Phi) is 5.01. The molecule has 27 heavy (non-hydrogen) atoms. The third-order valence-electron chi connectivity index (χ3n) is 5.33. The largest absolute Gasteiger partial charge is 0.337 e. The van der Waals surface area contributed by atoms with Crippen molar-refractivity contribution in [1.82, 2.24) is 19.9 Å². The van der Waals surface area contributed by atoms with E-state index in [1.54, 1.807) is 10.9 Å². The van der Waals surface area contributed by atoms with Gasteiger partial charge in [-0.05, 0) is 36.5 Å². The van der Waals surface area contributed by atoms with Crippen molar-refractivity contribution >= 4 is 5.91 Å². The lowest BCUT2D eigenvalue weighted by molar-refractivity contribution is 0.0701. The lowest BCUT2D eigenvalue weighted by Crippen LogP contribution is -2.39. The second kappa shape index (κ2) is 7.74. The van der Waals surface area contributed by atoms with E-state index in [0.717, 1.165) is 25.9 Å². The van der Waals surface area contributed by atoms with Crippen molar-refractivity contribution in [2.75, 3.05) is 13.1 Å². The molecule has 4 rings (SSSR count). The van der Waals surface area contributed by atoms with Crippen molar-refractivity contribution < 1.29 is 4.79 Å². The van der Waals surface area contributed by atoms with E-state index in [1.165, 1.54) is 16.7 Å². The van der Waals surface area contributed by atoms with Gasteiger partial charge in [-0.3, -0.25) is 4.79 Å². The number of rotatable bonds is 4. The molecule has 1 saturated heterocycles. The smallest absolute Gasteiger partial charge is 0.276 e. The van der Waals surface area contributed by atoms with Gasteiger partial charge >= 0.3 is 0 Å². The van der Waals surface area contributed by atoms with Gasteiger partial charge in [0.15, 0.2) is 5.69 Å². The normalized spacial score (nSPS) is 17.1. The van der Waals surface area contributed by atoms with Crippen LogP contribution < -0.4 is 0 Å². The van der Waals surface area contributed by atoms with E-state index in [2.05, 4.69) is 53.6 Å². The molecule has 1 fully saturated rings. The summed E-state index contributed by atoms with van der Waals surface area (Å²) in [7, 11) is 0. The second-order valence-electron chi connectivity index (χ2n) is 7.23. The summed E-state index contributed by atoms with van der Waals surface area (Å²) < 4.78 is 1.74. The van der Waals surface area contributed by atoms with Gasteiger partial charge in [0.2, 0.25) is 0 Å². The Bertz CT molecular complexity index is 919. The highest BCUT2D eigenvalue weighted by molar-refractivity contribution is 5.92. The minimum atomic E-state index is -0.0216. The van der Waals surface area contributed by atoms with Crippen LogP contribution in [0.15, 0.2) is 60.8 Å². The van der Waals surface area contributed by atoms with Crippen LogP contribution in [-0.2, 0) is 6.54 Å². The third-order valence-corrected chi connectivity index (χ3v) is 5.33. The average molecular weight is 360 g/mol. The van der Waals surface area contributed by atoms with Gasteiger partial charge in [0.1, 0.15) is 0 Å². The summed E-state index contributed by atoms with van der Waals surface area (Å²) in [5, 5.41) is 8.30. The second-order valence-corrected chi connectivity index (χ2v) is 7.23. The molecule has 5 nitrogen and oxygen atoms in total. The van der Waals surface area contributed by atoms with E-state index in [1.807, 2.05) is 23.1 Å². The highest BCUT2D eigenvalue weighted by Crippen LogP contribution is 2.27. The van der Waals surface area contributed by atoms with E-state index in [4.69, 9.17) is 0 Å². The fraction of sp³-hybridized carbons (Fsp3) is 0.318. The number of aryl methyl sites for hydroxylation is 1. The predicted molar refractivity (Wildman–Crippen MR) is 105 cm³/mol. The average Bonchev–Trinajstić information content (AvgIpc) is 3.18. The van der Waals surface area contributed by atoms with Crippen LogP contribution in [0.4, 0.5) is 0 Å². The zero-order valence-electron chi connectivity index (χ0n) is 15.6. The first-order valence-electron chi connectivity index (χ1n) is 9.49. The lowest BCUT2D eigenvalue weighted by atomic mass is 9.90. The third kappa shape index (κ3) is 3.92. The van der Waals surface area contributed by atoms with Gasteiger partial charge in [-0.25, -0.2) is 4.68 Å². The molecule has 1 unspecified atom stereocenters. The highest BCUT2D eigenvalue weighted by atomic mass is 16.2. The van der Waals surface area contributed by atoms with Crippen LogP contribution in [0.1, 0.15) is 45.9 Å². The number of piperidine rings is 1. The number of likely N-dealkylation sites (tertiary alicyclic amines) is 1. The first-order valence-corrected chi connectivity index (χ1v) is 9.49. The van der Waals surface area contributed by atoms with Crippen LogP contribution >= 0.6 is 0 Å². The molecule has 1 aliphatic rings. The van der Waals surface area contributed by atoms with E-state index in [-0.39, 0.29) is 5.91 Å². The van der Waals surface area contributed by atoms with E-state index in [9.17, 15) is 4.79 Å². The molecule has 0 aliphatic carbocycles. The lowest BCUT2D eigenvalue weighted by Gasteiger charge is -2.32. The van der Waals surface area contributed by atoms with Gasteiger partial charge < -0.3 is 4.90 Å². The summed E-state index contributed by atoms with van der Waals surface area (Å²) in [6.45, 7) is 4.23. The number of amides is 1. The van der Waals surface area contributed by atoms with Crippen molar-refractivity contribution in [2.24, 2.45) is 0 Å². The van der Waals surface area contributed by atoms with Gasteiger partial charge in [-0.2, -0.15) is 0 Å². The zero-order valence-corrected chi connectivity index (χ0v) is 15.6. The summed E-state index contributed by atoms with van der Waals surface area (Å²) in [5.74, 6) is 0.373. The Hall–Kier alpha value is -2.95. The van der Waals surface area contributed by atoms with Crippen LogP contribution in [0.5, 0.6) is 0 Å². The van der Waals surface area contributed by atoms with Crippen molar-refractivity contribution in [2.45, 2.75) is 32.2 Å². The molecule has 1 aliphatic heterocycles. The van der Waals surface area contributed by atoms with Crippen LogP contribution in [0.2, 0.25) is 0 Å². The molecule has 3 aromatic rings. The fourth-order valence-corrected chi connectivity index (χ4v) is 3.76. The Labute approximate surface area is 159 Å². The zero-order chi connectivity index (χ0) is 18.6. The maximum atomic E-state index is 12.9. The predicted octanol–water partition coefficient (Wildman–Crippen LogP) is 3.65. The number of hydrogen-bond donors (Lipinski definition) is 0. The monoisotopic (exact) mass is 360 g/mol. The number of nitrogens with zero attached hydrogens (tertiary/aromatic N) is 4. The molecule has 0 spiro atoms. The van der Waals surface area contributed by atoms with Crippen molar-refractivity contribution in [3.63, 3.8) is 0 Å². The number of carbonyl (C=O) groups excluding carboxylic acids is 1. The quantitative estimate of drug-likeness (QED) is 0.713. The molecule has 0 bridgehead atoms. The van der Waals surface area contributed by atoms with Gasteiger partial charge in [0.05, 0.1) is 12.7 Å². The molecule has 2 aromatic carbocycles. The number of hydrogen-bond acceptors (Lipinski definition) is 3. The molecule has 1 amide bonds. The topological polar surface area (TPSA) is 51.0 Å².